The molecule has 0 spiro atoms. The number of carbonyl (C=O) groups is 2. The van der Waals surface area contributed by atoms with Gasteiger partial charge in [0.1, 0.15) is 6.04 Å². The predicted octanol–water partition coefficient (Wildman–Crippen LogP) is 5.82. The van der Waals surface area contributed by atoms with Gasteiger partial charge in [0.2, 0.25) is 5.91 Å². The summed E-state index contributed by atoms with van der Waals surface area (Å²) in [5, 5.41) is 7.21. The van der Waals surface area contributed by atoms with Gasteiger partial charge in [0.05, 0.1) is 28.0 Å². The van der Waals surface area contributed by atoms with E-state index in [1.807, 2.05) is 32.0 Å². The largest absolute Gasteiger partial charge is 0.463 e. The minimum Gasteiger partial charge on any atom is -0.463 e. The van der Waals surface area contributed by atoms with Gasteiger partial charge in [-0.1, -0.05) is 53.2 Å². The van der Waals surface area contributed by atoms with E-state index in [0.717, 1.165) is 16.8 Å². The van der Waals surface area contributed by atoms with Crippen LogP contribution in [0.15, 0.2) is 52.7 Å². The zero-order chi connectivity index (χ0) is 24.1. The maximum Gasteiger partial charge on any atom is 0.338 e. The second-order valence-electron chi connectivity index (χ2n) is 7.58. The van der Waals surface area contributed by atoms with Gasteiger partial charge in [-0.05, 0) is 57.0 Å². The fourth-order valence-corrected chi connectivity index (χ4v) is 4.68. The van der Waals surface area contributed by atoms with Gasteiger partial charge in [0.15, 0.2) is 5.17 Å². The number of ether oxygens (including phenoxy) is 1. The van der Waals surface area contributed by atoms with Crippen molar-refractivity contribution in [2.45, 2.75) is 33.7 Å². The molecule has 6 nitrogen and oxygen atoms in total. The van der Waals surface area contributed by atoms with Gasteiger partial charge in [-0.15, -0.1) is 0 Å². The fraction of sp³-hybridized carbons (Fsp3) is 0.292. The minimum absolute atomic E-state index is 0.136. The number of carbonyl (C=O) groups excluding carboxylic acids is 2. The first kappa shape index (κ1) is 25.1. The van der Waals surface area contributed by atoms with Crippen LogP contribution < -0.4 is 10.6 Å². The maximum absolute atomic E-state index is 12.7. The lowest BCUT2D eigenvalue weighted by Crippen LogP contribution is -2.31. The SMILES string of the molecule is CCOC(=O)C1=C(C)NC(SCC(=O)Nc2cc(C)cc(C)c2)=N[C@H]1c1cccc(Cl)c1Cl. The molecule has 1 amide bonds. The van der Waals surface area contributed by atoms with E-state index in [-0.39, 0.29) is 18.3 Å². The molecule has 0 aliphatic carbocycles. The number of esters is 1. The Morgan fingerprint density at radius 2 is 1.85 bits per heavy atom. The number of nitrogens with zero attached hydrogens (tertiary/aromatic N) is 1. The number of allylic oxidation sites excluding steroid dienone is 1. The van der Waals surface area contributed by atoms with E-state index in [1.54, 1.807) is 32.0 Å². The molecule has 2 N–H and O–H groups in total. The number of amides is 1. The third kappa shape index (κ3) is 6.31. The van der Waals surface area contributed by atoms with E-state index >= 15 is 0 Å². The number of halogens is 2. The predicted molar refractivity (Wildman–Crippen MR) is 136 cm³/mol. The molecular formula is C24H25Cl2N3O3S. The lowest BCUT2D eigenvalue weighted by atomic mass is 9.96. The molecule has 0 saturated heterocycles. The van der Waals surface area contributed by atoms with Gasteiger partial charge in [0.25, 0.3) is 0 Å². The van der Waals surface area contributed by atoms with Gasteiger partial charge >= 0.3 is 5.97 Å². The lowest BCUT2D eigenvalue weighted by molar-refractivity contribution is -0.139. The molecular weight excluding hydrogens is 481 g/mol. The molecule has 2 aromatic carbocycles. The van der Waals surface area contributed by atoms with E-state index in [0.29, 0.717) is 32.0 Å². The van der Waals surface area contributed by atoms with Crippen LogP contribution in [0.1, 0.15) is 36.6 Å². The lowest BCUT2D eigenvalue weighted by Gasteiger charge is -2.26. The quantitative estimate of drug-likeness (QED) is 0.483. The molecule has 1 atom stereocenters. The molecule has 3 rings (SSSR count). The topological polar surface area (TPSA) is 79.8 Å². The molecule has 0 bridgehead atoms. The highest BCUT2D eigenvalue weighted by molar-refractivity contribution is 8.14. The number of thioether (sulfide) groups is 1. The highest BCUT2D eigenvalue weighted by Crippen LogP contribution is 2.39. The normalized spacial score (nSPS) is 15.6. The Balaban J connectivity index is 1.81. The molecule has 2 aromatic rings. The molecule has 0 fully saturated rings. The van der Waals surface area contributed by atoms with E-state index in [9.17, 15) is 9.59 Å². The summed E-state index contributed by atoms with van der Waals surface area (Å²) in [5.74, 6) is -0.509. The van der Waals surface area contributed by atoms with E-state index in [4.69, 9.17) is 27.9 Å². The summed E-state index contributed by atoms with van der Waals surface area (Å²) in [7, 11) is 0. The van der Waals surface area contributed by atoms with Crippen LogP contribution in [0.25, 0.3) is 0 Å². The van der Waals surface area contributed by atoms with Crippen LogP contribution in [0.2, 0.25) is 10.0 Å². The zero-order valence-electron chi connectivity index (χ0n) is 18.8. The molecule has 9 heteroatoms. The van der Waals surface area contributed by atoms with Gasteiger partial charge in [-0.25, -0.2) is 9.79 Å². The van der Waals surface area contributed by atoms with Crippen molar-refractivity contribution in [3.05, 3.63) is 74.4 Å². The number of hydrogen-bond acceptors (Lipinski definition) is 6. The fourth-order valence-electron chi connectivity index (χ4n) is 3.53. The molecule has 33 heavy (non-hydrogen) atoms. The Morgan fingerprint density at radius 1 is 1.15 bits per heavy atom. The summed E-state index contributed by atoms with van der Waals surface area (Å²) in [6.07, 6.45) is 0. The molecule has 0 aromatic heterocycles. The average Bonchev–Trinajstić information content (AvgIpc) is 2.73. The molecule has 1 heterocycles. The first-order chi connectivity index (χ1) is 15.7. The summed E-state index contributed by atoms with van der Waals surface area (Å²) in [6.45, 7) is 7.70. The Kier molecular flexibility index (Phi) is 8.46. The van der Waals surface area contributed by atoms with Crippen molar-refractivity contribution >= 4 is 57.7 Å². The first-order valence-electron chi connectivity index (χ1n) is 10.4. The molecule has 174 valence electrons. The van der Waals surface area contributed by atoms with E-state index < -0.39 is 12.0 Å². The van der Waals surface area contributed by atoms with E-state index in [2.05, 4.69) is 15.6 Å². The Labute approximate surface area is 207 Å². The summed E-state index contributed by atoms with van der Waals surface area (Å²) in [5.41, 5.74) is 4.42. The van der Waals surface area contributed by atoms with Gasteiger partial charge in [-0.2, -0.15) is 0 Å². The van der Waals surface area contributed by atoms with Gasteiger partial charge in [-0.3, -0.25) is 4.79 Å². The smallest absolute Gasteiger partial charge is 0.338 e. The number of amidine groups is 1. The van der Waals surface area contributed by atoms with E-state index in [1.165, 1.54) is 11.8 Å². The van der Waals surface area contributed by atoms with Crippen molar-refractivity contribution in [2.24, 2.45) is 4.99 Å². The Hall–Kier alpha value is -2.48. The van der Waals surface area contributed by atoms with Gasteiger partial charge < -0.3 is 15.4 Å². The standard InChI is InChI=1S/C24H25Cl2N3O3S/c1-5-32-23(31)20-15(4)27-24(29-22(20)17-7-6-8-18(25)21(17)26)33-12-19(30)28-16-10-13(2)9-14(3)11-16/h6-11,22H,5,12H2,1-4H3,(H,27,29)(H,28,30)/t22-/m0/s1. The highest BCUT2D eigenvalue weighted by atomic mass is 35.5. The molecule has 1 aliphatic heterocycles. The van der Waals surface area contributed by atoms with Crippen molar-refractivity contribution in [3.8, 4) is 0 Å². The molecule has 0 radical (unpaired) electrons. The van der Waals surface area contributed by atoms with Crippen LogP contribution in [-0.2, 0) is 14.3 Å². The Bertz CT molecular complexity index is 1130. The monoisotopic (exact) mass is 505 g/mol. The van der Waals surface area contributed by atoms with Crippen molar-refractivity contribution in [1.82, 2.24) is 5.32 Å². The van der Waals surface area contributed by atoms with Crippen molar-refractivity contribution in [1.29, 1.82) is 0 Å². The van der Waals surface area contributed by atoms with Gasteiger partial charge in [0, 0.05) is 16.9 Å². The second-order valence-corrected chi connectivity index (χ2v) is 9.33. The average molecular weight is 506 g/mol. The number of aliphatic imine (C=N–C) groups is 1. The highest BCUT2D eigenvalue weighted by Gasteiger charge is 2.32. The Morgan fingerprint density at radius 3 is 2.52 bits per heavy atom. The number of anilines is 1. The maximum atomic E-state index is 12.7. The zero-order valence-corrected chi connectivity index (χ0v) is 21.1. The number of nitrogens with one attached hydrogen (secondary N) is 2. The number of aryl methyl sites for hydroxylation is 2. The van der Waals surface area contributed by atoms with Crippen LogP contribution in [0.3, 0.4) is 0 Å². The van der Waals surface area contributed by atoms with Crippen LogP contribution in [0, 0.1) is 13.8 Å². The summed E-state index contributed by atoms with van der Waals surface area (Å²) >= 11 is 13.9. The first-order valence-corrected chi connectivity index (χ1v) is 12.1. The number of rotatable bonds is 6. The van der Waals surface area contributed by atoms with Crippen molar-refractivity contribution in [2.75, 3.05) is 17.7 Å². The minimum atomic E-state index is -0.707. The number of hydrogen-bond donors (Lipinski definition) is 2. The van der Waals surface area contributed by atoms with Crippen molar-refractivity contribution < 1.29 is 14.3 Å². The van der Waals surface area contributed by atoms with Crippen LogP contribution in [0.5, 0.6) is 0 Å². The van der Waals surface area contributed by atoms with Crippen LogP contribution in [-0.4, -0.2) is 29.4 Å². The molecule has 1 aliphatic rings. The third-order valence-corrected chi connectivity index (χ3v) is 6.56. The summed E-state index contributed by atoms with van der Waals surface area (Å²) in [4.78, 5) is 29.9. The molecule has 0 unspecified atom stereocenters. The van der Waals surface area contributed by atoms with Crippen molar-refractivity contribution in [3.63, 3.8) is 0 Å². The summed E-state index contributed by atoms with van der Waals surface area (Å²) in [6, 6.07) is 10.4. The third-order valence-electron chi connectivity index (χ3n) is 4.84. The molecule has 0 saturated carbocycles. The number of benzene rings is 2. The summed E-state index contributed by atoms with van der Waals surface area (Å²) < 4.78 is 5.24. The van der Waals surface area contributed by atoms with Crippen LogP contribution >= 0.6 is 35.0 Å². The second kappa shape index (κ2) is 11.1. The van der Waals surface area contributed by atoms with Crippen LogP contribution in [0.4, 0.5) is 5.69 Å².